The molecule has 0 atom stereocenters. The molecule has 90 valence electrons. The van der Waals surface area contributed by atoms with Gasteiger partial charge in [0.05, 0.1) is 0 Å². The van der Waals surface area contributed by atoms with E-state index in [-0.39, 0.29) is 5.82 Å². The zero-order valence-corrected chi connectivity index (χ0v) is 10.4. The van der Waals surface area contributed by atoms with Crippen LogP contribution in [0, 0.1) is 10.6 Å². The summed E-state index contributed by atoms with van der Waals surface area (Å²) < 4.78 is 15.7. The smallest absolute Gasteiger partial charge is 0.195 e. The van der Waals surface area contributed by atoms with Gasteiger partial charge in [-0.05, 0) is 36.3 Å². The number of rotatable bonds is 4. The fraction of sp³-hybridized carbons (Fsp3) is 0.333. The van der Waals surface area contributed by atoms with Gasteiger partial charge in [0.1, 0.15) is 11.6 Å². The first-order valence-electron chi connectivity index (χ1n) is 5.59. The van der Waals surface area contributed by atoms with Gasteiger partial charge in [0.25, 0.3) is 0 Å². The minimum Gasteiger partial charge on any atom is -0.304 e. The molecule has 0 bridgehead atoms. The van der Waals surface area contributed by atoms with E-state index in [4.69, 9.17) is 12.2 Å². The summed E-state index contributed by atoms with van der Waals surface area (Å²) in [5.74, 6) is 0.626. The molecule has 0 saturated carbocycles. The Morgan fingerprint density at radius 3 is 3.00 bits per heavy atom. The number of halogens is 1. The second-order valence-corrected chi connectivity index (χ2v) is 4.29. The van der Waals surface area contributed by atoms with Crippen LogP contribution in [0.1, 0.15) is 24.7 Å². The van der Waals surface area contributed by atoms with Crippen LogP contribution in [-0.4, -0.2) is 14.8 Å². The van der Waals surface area contributed by atoms with Crippen molar-refractivity contribution < 1.29 is 4.39 Å². The number of hydrogen-bond donors (Lipinski definition) is 1. The fourth-order valence-electron chi connectivity index (χ4n) is 1.77. The van der Waals surface area contributed by atoms with Crippen molar-refractivity contribution in [1.29, 1.82) is 0 Å². The van der Waals surface area contributed by atoms with Crippen molar-refractivity contribution in [3.63, 3.8) is 0 Å². The third-order valence-corrected chi connectivity index (χ3v) is 2.85. The number of aromatic nitrogens is 3. The lowest BCUT2D eigenvalue weighted by molar-refractivity contribution is 0.622. The molecule has 0 aliphatic rings. The molecule has 0 aliphatic carbocycles. The van der Waals surface area contributed by atoms with Crippen molar-refractivity contribution >= 4 is 12.2 Å². The SMILES string of the molecule is CCCn1c(Cc2cccc(F)c2)n[nH]c1=S. The van der Waals surface area contributed by atoms with Crippen molar-refractivity contribution in [1.82, 2.24) is 14.8 Å². The maximum absolute atomic E-state index is 13.1. The second kappa shape index (κ2) is 5.23. The molecule has 5 heteroatoms. The van der Waals surface area contributed by atoms with Gasteiger partial charge in [0, 0.05) is 13.0 Å². The molecule has 17 heavy (non-hydrogen) atoms. The van der Waals surface area contributed by atoms with Crippen LogP contribution < -0.4 is 0 Å². The van der Waals surface area contributed by atoms with Crippen LogP contribution in [0.2, 0.25) is 0 Å². The predicted molar refractivity (Wildman–Crippen MR) is 66.9 cm³/mol. The quantitative estimate of drug-likeness (QED) is 0.847. The standard InChI is InChI=1S/C12H14FN3S/c1-2-6-16-11(14-15-12(16)17)8-9-4-3-5-10(13)7-9/h3-5,7H,2,6,8H2,1H3,(H,15,17). The first-order chi connectivity index (χ1) is 8.20. The van der Waals surface area contributed by atoms with Crippen LogP contribution in [0.25, 0.3) is 0 Å². The average Bonchev–Trinajstić information content (AvgIpc) is 2.62. The lowest BCUT2D eigenvalue weighted by Gasteiger charge is -2.05. The van der Waals surface area contributed by atoms with E-state index in [0.29, 0.717) is 11.2 Å². The van der Waals surface area contributed by atoms with Gasteiger partial charge >= 0.3 is 0 Å². The highest BCUT2D eigenvalue weighted by Crippen LogP contribution is 2.10. The minimum atomic E-state index is -0.223. The number of nitrogens with one attached hydrogen (secondary N) is 1. The van der Waals surface area contributed by atoms with E-state index in [1.54, 1.807) is 6.07 Å². The number of H-pyrrole nitrogens is 1. The number of nitrogens with zero attached hydrogens (tertiary/aromatic N) is 2. The van der Waals surface area contributed by atoms with Crippen molar-refractivity contribution in [2.24, 2.45) is 0 Å². The molecular formula is C12H14FN3S. The summed E-state index contributed by atoms with van der Waals surface area (Å²) in [5, 5.41) is 6.96. The fourth-order valence-corrected chi connectivity index (χ4v) is 2.01. The van der Waals surface area contributed by atoms with Crippen LogP contribution in [0.3, 0.4) is 0 Å². The van der Waals surface area contributed by atoms with Gasteiger partial charge in [-0.15, -0.1) is 0 Å². The molecule has 0 fully saturated rings. The zero-order valence-electron chi connectivity index (χ0n) is 9.61. The van der Waals surface area contributed by atoms with E-state index in [9.17, 15) is 4.39 Å². The molecule has 1 N–H and O–H groups in total. The molecule has 0 radical (unpaired) electrons. The highest BCUT2D eigenvalue weighted by Gasteiger charge is 2.06. The number of aromatic amines is 1. The van der Waals surface area contributed by atoms with Gasteiger partial charge in [0.2, 0.25) is 0 Å². The summed E-state index contributed by atoms with van der Waals surface area (Å²) in [5.41, 5.74) is 0.899. The predicted octanol–water partition coefficient (Wildman–Crippen LogP) is 3.08. The Labute approximate surface area is 104 Å². The maximum atomic E-state index is 13.1. The van der Waals surface area contributed by atoms with Crippen molar-refractivity contribution in [3.8, 4) is 0 Å². The lowest BCUT2D eigenvalue weighted by atomic mass is 10.1. The summed E-state index contributed by atoms with van der Waals surface area (Å²) in [7, 11) is 0. The van der Waals surface area contributed by atoms with E-state index in [1.165, 1.54) is 12.1 Å². The molecule has 1 aromatic heterocycles. The Hall–Kier alpha value is -1.49. The van der Waals surface area contributed by atoms with Gasteiger partial charge < -0.3 is 4.57 Å². The summed E-state index contributed by atoms with van der Waals surface area (Å²) in [6.45, 7) is 2.92. The Morgan fingerprint density at radius 1 is 1.47 bits per heavy atom. The van der Waals surface area contributed by atoms with Crippen molar-refractivity contribution in [2.45, 2.75) is 26.3 Å². The van der Waals surface area contributed by atoms with E-state index in [2.05, 4.69) is 17.1 Å². The molecule has 0 unspecified atom stereocenters. The topological polar surface area (TPSA) is 33.6 Å². The van der Waals surface area contributed by atoms with Gasteiger partial charge in [-0.25, -0.2) is 4.39 Å². The summed E-state index contributed by atoms with van der Waals surface area (Å²) in [6, 6.07) is 6.55. The Bertz CT molecular complexity index is 559. The van der Waals surface area contributed by atoms with Gasteiger partial charge in [-0.3, -0.25) is 5.10 Å². The Kier molecular flexibility index (Phi) is 3.68. The maximum Gasteiger partial charge on any atom is 0.195 e. The zero-order chi connectivity index (χ0) is 12.3. The van der Waals surface area contributed by atoms with E-state index < -0.39 is 0 Å². The normalized spacial score (nSPS) is 10.7. The minimum absolute atomic E-state index is 0.223. The lowest BCUT2D eigenvalue weighted by Crippen LogP contribution is -2.04. The van der Waals surface area contributed by atoms with E-state index >= 15 is 0 Å². The molecule has 0 saturated heterocycles. The summed E-state index contributed by atoms with van der Waals surface area (Å²) >= 11 is 5.15. The molecule has 0 spiro atoms. The van der Waals surface area contributed by atoms with E-state index in [0.717, 1.165) is 24.4 Å². The van der Waals surface area contributed by atoms with Crippen LogP contribution in [0.5, 0.6) is 0 Å². The monoisotopic (exact) mass is 251 g/mol. The summed E-state index contributed by atoms with van der Waals surface area (Å²) in [6.07, 6.45) is 1.58. The number of benzene rings is 1. The highest BCUT2D eigenvalue weighted by atomic mass is 32.1. The molecular weight excluding hydrogens is 237 g/mol. The highest BCUT2D eigenvalue weighted by molar-refractivity contribution is 7.71. The molecule has 0 amide bonds. The molecule has 3 nitrogen and oxygen atoms in total. The first kappa shape index (κ1) is 12.0. The molecule has 2 rings (SSSR count). The molecule has 1 heterocycles. The van der Waals surface area contributed by atoms with Gasteiger partial charge in [0.15, 0.2) is 4.77 Å². The van der Waals surface area contributed by atoms with Crippen LogP contribution in [0.4, 0.5) is 4.39 Å². The van der Waals surface area contributed by atoms with Crippen molar-refractivity contribution in [2.75, 3.05) is 0 Å². The van der Waals surface area contributed by atoms with Gasteiger partial charge in [-0.1, -0.05) is 19.1 Å². The second-order valence-electron chi connectivity index (χ2n) is 3.90. The van der Waals surface area contributed by atoms with Crippen LogP contribution in [-0.2, 0) is 13.0 Å². The molecule has 2 aromatic rings. The molecule has 0 aliphatic heterocycles. The Balaban J connectivity index is 2.27. The van der Waals surface area contributed by atoms with Gasteiger partial charge in [-0.2, -0.15) is 5.10 Å². The average molecular weight is 251 g/mol. The molecule has 1 aromatic carbocycles. The Morgan fingerprint density at radius 2 is 2.29 bits per heavy atom. The largest absolute Gasteiger partial charge is 0.304 e. The summed E-state index contributed by atoms with van der Waals surface area (Å²) in [4.78, 5) is 0. The third kappa shape index (κ3) is 2.79. The van der Waals surface area contributed by atoms with E-state index in [1.807, 2.05) is 10.6 Å². The van der Waals surface area contributed by atoms with Crippen LogP contribution >= 0.6 is 12.2 Å². The van der Waals surface area contributed by atoms with Crippen LogP contribution in [0.15, 0.2) is 24.3 Å². The van der Waals surface area contributed by atoms with Crippen molar-refractivity contribution in [3.05, 3.63) is 46.2 Å². The number of hydrogen-bond acceptors (Lipinski definition) is 2. The third-order valence-electron chi connectivity index (χ3n) is 2.54. The first-order valence-corrected chi connectivity index (χ1v) is 6.00.